The lowest BCUT2D eigenvalue weighted by Gasteiger charge is -2.22. The molecule has 3 heteroatoms. The Morgan fingerprint density at radius 2 is 1.82 bits per heavy atom. The number of hydrogen-bond acceptors (Lipinski definition) is 3. The maximum Gasteiger partial charge on any atom is 0.0524 e. The minimum absolute atomic E-state index is 0.221. The van der Waals surface area contributed by atoms with E-state index in [4.69, 9.17) is 0 Å². The number of rotatable bonds is 6. The summed E-state index contributed by atoms with van der Waals surface area (Å²) in [4.78, 5) is 4.38. The Hall–Kier alpha value is -1.06. The zero-order chi connectivity index (χ0) is 12.8. The van der Waals surface area contributed by atoms with E-state index in [9.17, 15) is 5.11 Å². The summed E-state index contributed by atoms with van der Waals surface area (Å²) in [6.07, 6.45) is 0.599. The second-order valence-electron chi connectivity index (χ2n) is 4.90. The van der Waals surface area contributed by atoms with Crippen molar-refractivity contribution in [2.75, 3.05) is 32.6 Å². The van der Waals surface area contributed by atoms with Gasteiger partial charge < -0.3 is 14.9 Å². The van der Waals surface area contributed by atoms with Crippen LogP contribution in [0.3, 0.4) is 0 Å². The van der Waals surface area contributed by atoms with Crippen LogP contribution >= 0.6 is 0 Å². The van der Waals surface area contributed by atoms with Crippen molar-refractivity contribution in [3.8, 4) is 0 Å². The van der Waals surface area contributed by atoms with E-state index >= 15 is 0 Å². The predicted octanol–water partition coefficient (Wildman–Crippen LogP) is 1.96. The average molecular weight is 236 g/mol. The van der Waals surface area contributed by atoms with Crippen LogP contribution in [0.15, 0.2) is 24.3 Å². The van der Waals surface area contributed by atoms with Crippen LogP contribution in [0.25, 0.3) is 0 Å². The van der Waals surface area contributed by atoms with E-state index in [0.717, 1.165) is 19.5 Å². The molecular formula is C14H24N2O. The maximum atomic E-state index is 9.28. The first-order chi connectivity index (χ1) is 8.00. The number of hydrogen-bond donors (Lipinski definition) is 1. The van der Waals surface area contributed by atoms with Crippen LogP contribution in [-0.4, -0.2) is 43.8 Å². The van der Waals surface area contributed by atoms with Gasteiger partial charge in [0.05, 0.1) is 6.10 Å². The van der Waals surface area contributed by atoms with Gasteiger partial charge in [0.15, 0.2) is 0 Å². The average Bonchev–Trinajstić information content (AvgIpc) is 2.27. The zero-order valence-corrected chi connectivity index (χ0v) is 11.3. The Morgan fingerprint density at radius 3 is 2.41 bits per heavy atom. The van der Waals surface area contributed by atoms with Crippen molar-refractivity contribution >= 4 is 5.69 Å². The third-order valence-electron chi connectivity index (χ3n) is 2.84. The van der Waals surface area contributed by atoms with E-state index in [1.54, 1.807) is 0 Å². The molecule has 0 aliphatic rings. The summed E-state index contributed by atoms with van der Waals surface area (Å²) >= 11 is 0. The van der Waals surface area contributed by atoms with Crippen LogP contribution in [0.4, 0.5) is 5.69 Å². The molecule has 0 heterocycles. The van der Waals surface area contributed by atoms with Crippen molar-refractivity contribution in [2.45, 2.75) is 26.0 Å². The molecular weight excluding hydrogens is 212 g/mol. The van der Waals surface area contributed by atoms with Gasteiger partial charge in [0.1, 0.15) is 0 Å². The van der Waals surface area contributed by atoms with Crippen molar-refractivity contribution in [1.29, 1.82) is 0 Å². The van der Waals surface area contributed by atoms with E-state index in [1.807, 2.05) is 6.92 Å². The van der Waals surface area contributed by atoms with Gasteiger partial charge in [-0.25, -0.2) is 0 Å². The lowest BCUT2D eigenvalue weighted by molar-refractivity contribution is 0.163. The summed E-state index contributed by atoms with van der Waals surface area (Å²) in [5.74, 6) is 0. The normalized spacial score (nSPS) is 12.8. The van der Waals surface area contributed by atoms with E-state index in [2.05, 4.69) is 55.2 Å². The fraction of sp³-hybridized carbons (Fsp3) is 0.571. The van der Waals surface area contributed by atoms with Gasteiger partial charge in [0.25, 0.3) is 0 Å². The summed E-state index contributed by atoms with van der Waals surface area (Å²) in [6.45, 7) is 3.67. The van der Waals surface area contributed by atoms with Crippen molar-refractivity contribution in [1.82, 2.24) is 4.90 Å². The molecule has 0 spiro atoms. The molecule has 1 aromatic carbocycles. The topological polar surface area (TPSA) is 26.7 Å². The molecule has 1 aromatic rings. The van der Waals surface area contributed by atoms with Gasteiger partial charge in [-0.05, 0) is 32.0 Å². The van der Waals surface area contributed by atoms with Crippen LogP contribution in [0.5, 0.6) is 0 Å². The molecule has 1 atom stereocenters. The number of aliphatic hydroxyl groups excluding tert-OH is 1. The van der Waals surface area contributed by atoms with Gasteiger partial charge in [-0.3, -0.25) is 0 Å². The zero-order valence-electron chi connectivity index (χ0n) is 11.3. The van der Waals surface area contributed by atoms with Crippen LogP contribution in [0.2, 0.25) is 0 Å². The van der Waals surface area contributed by atoms with Crippen LogP contribution in [0, 0.1) is 0 Å². The van der Waals surface area contributed by atoms with Crippen LogP contribution < -0.4 is 4.90 Å². The lowest BCUT2D eigenvalue weighted by atomic mass is 10.1. The molecule has 96 valence electrons. The van der Waals surface area contributed by atoms with Crippen molar-refractivity contribution in [3.05, 3.63) is 29.8 Å². The molecule has 0 aliphatic carbocycles. The minimum atomic E-state index is -0.221. The van der Waals surface area contributed by atoms with Gasteiger partial charge in [0, 0.05) is 32.9 Å². The number of para-hydroxylation sites is 1. The fourth-order valence-corrected chi connectivity index (χ4v) is 1.86. The third-order valence-corrected chi connectivity index (χ3v) is 2.84. The van der Waals surface area contributed by atoms with E-state index in [1.165, 1.54) is 11.3 Å². The lowest BCUT2D eigenvalue weighted by Crippen LogP contribution is -2.23. The van der Waals surface area contributed by atoms with E-state index in [0.29, 0.717) is 0 Å². The quantitative estimate of drug-likeness (QED) is 0.818. The standard InChI is InChI=1S/C14H24N2O/c1-12(17)9-10-16(4)11-13-7-5-6-8-14(13)15(2)3/h5-8,12,17H,9-11H2,1-4H3. The number of nitrogens with zero attached hydrogens (tertiary/aromatic N) is 2. The van der Waals surface area contributed by atoms with Gasteiger partial charge in [-0.2, -0.15) is 0 Å². The summed E-state index contributed by atoms with van der Waals surface area (Å²) in [5.41, 5.74) is 2.59. The summed E-state index contributed by atoms with van der Waals surface area (Å²) < 4.78 is 0. The van der Waals surface area contributed by atoms with Gasteiger partial charge >= 0.3 is 0 Å². The molecule has 0 saturated heterocycles. The molecule has 1 unspecified atom stereocenters. The monoisotopic (exact) mass is 236 g/mol. The summed E-state index contributed by atoms with van der Waals surface area (Å²) in [6, 6.07) is 8.44. The molecule has 0 bridgehead atoms. The van der Waals surface area contributed by atoms with Gasteiger partial charge in [-0.15, -0.1) is 0 Å². The highest BCUT2D eigenvalue weighted by Gasteiger charge is 2.07. The molecule has 1 N–H and O–H groups in total. The SMILES string of the molecule is CC(O)CCN(C)Cc1ccccc1N(C)C. The first-order valence-electron chi connectivity index (χ1n) is 6.12. The predicted molar refractivity (Wildman–Crippen MR) is 73.4 cm³/mol. The smallest absolute Gasteiger partial charge is 0.0524 e. The number of aliphatic hydroxyl groups is 1. The van der Waals surface area contributed by atoms with Gasteiger partial charge in [-0.1, -0.05) is 18.2 Å². The molecule has 0 saturated carbocycles. The molecule has 3 nitrogen and oxygen atoms in total. The summed E-state index contributed by atoms with van der Waals surface area (Å²) in [7, 11) is 6.22. The van der Waals surface area contributed by atoms with Crippen molar-refractivity contribution in [3.63, 3.8) is 0 Å². The fourth-order valence-electron chi connectivity index (χ4n) is 1.86. The Balaban J connectivity index is 2.61. The third kappa shape index (κ3) is 4.75. The largest absolute Gasteiger partial charge is 0.393 e. The molecule has 1 rings (SSSR count). The maximum absolute atomic E-state index is 9.28. The van der Waals surface area contributed by atoms with E-state index < -0.39 is 0 Å². The van der Waals surface area contributed by atoms with Crippen molar-refractivity contribution in [2.24, 2.45) is 0 Å². The minimum Gasteiger partial charge on any atom is -0.393 e. The molecule has 0 amide bonds. The second-order valence-corrected chi connectivity index (χ2v) is 4.90. The van der Waals surface area contributed by atoms with Crippen LogP contribution in [-0.2, 0) is 6.54 Å². The highest BCUT2D eigenvalue weighted by Crippen LogP contribution is 2.19. The summed E-state index contributed by atoms with van der Waals surface area (Å²) in [5, 5.41) is 9.28. The molecule has 0 radical (unpaired) electrons. The van der Waals surface area contributed by atoms with Crippen LogP contribution in [0.1, 0.15) is 18.9 Å². The van der Waals surface area contributed by atoms with Crippen molar-refractivity contribution < 1.29 is 5.11 Å². The number of benzene rings is 1. The number of anilines is 1. The molecule has 0 aliphatic heterocycles. The molecule has 0 aromatic heterocycles. The highest BCUT2D eigenvalue weighted by molar-refractivity contribution is 5.52. The molecule has 17 heavy (non-hydrogen) atoms. The Bertz CT molecular complexity index is 337. The first kappa shape index (κ1) is 14.0. The molecule has 0 fully saturated rings. The Morgan fingerprint density at radius 1 is 1.18 bits per heavy atom. The van der Waals surface area contributed by atoms with Gasteiger partial charge in [0.2, 0.25) is 0 Å². The second kappa shape index (κ2) is 6.62. The Labute approximate surface area is 105 Å². The highest BCUT2D eigenvalue weighted by atomic mass is 16.3. The first-order valence-corrected chi connectivity index (χ1v) is 6.12. The van der Waals surface area contributed by atoms with E-state index in [-0.39, 0.29) is 6.10 Å². The Kier molecular flexibility index (Phi) is 5.45.